The number of ether oxygens (including phenoxy) is 1. The maximum Gasteiger partial charge on any atom is 0.418 e. The first kappa shape index (κ1) is 24.3. The molecular weight excluding hydrogens is 447 g/mol. The van der Waals surface area contributed by atoms with Crippen LogP contribution in [0.4, 0.5) is 4.79 Å². The molecule has 0 aromatic heterocycles. The largest absolute Gasteiger partial charge is 0.443 e. The molecule has 5 nitrogen and oxygen atoms in total. The normalized spacial score (nSPS) is 20.3. The van der Waals surface area contributed by atoms with E-state index in [1.165, 1.54) is 0 Å². The molecule has 3 atom stereocenters. The monoisotopic (exact) mass is 474 g/mol. The van der Waals surface area contributed by atoms with Gasteiger partial charge in [0.25, 0.3) is 5.91 Å². The highest BCUT2D eigenvalue weighted by Crippen LogP contribution is 2.46. The van der Waals surface area contributed by atoms with E-state index in [1.807, 2.05) is 42.2 Å². The zero-order valence-corrected chi connectivity index (χ0v) is 20.2. The van der Waals surface area contributed by atoms with Crippen molar-refractivity contribution in [2.45, 2.75) is 58.0 Å². The van der Waals surface area contributed by atoms with E-state index < -0.39 is 23.9 Å². The minimum Gasteiger partial charge on any atom is -0.443 e. The van der Waals surface area contributed by atoms with Crippen molar-refractivity contribution in [1.29, 1.82) is 0 Å². The van der Waals surface area contributed by atoms with Crippen LogP contribution in [0.15, 0.2) is 61.2 Å². The Hall–Kier alpha value is -2.34. The predicted molar refractivity (Wildman–Crippen MR) is 128 cm³/mol. The second-order valence-electron chi connectivity index (χ2n) is 8.77. The Bertz CT molecular complexity index is 984. The number of halogens is 2. The SMILES string of the molecule is C=CC[C@@H]1C(=O)N(C(=O)OC(C)(C)C)[C@@H](c2c(Cl)cccc2Cl)N1[C@H](C)c1ccccc1. The first-order valence-electron chi connectivity index (χ1n) is 10.5. The number of rotatable bonds is 5. The van der Waals surface area contributed by atoms with Crippen LogP contribution in [0, 0.1) is 0 Å². The van der Waals surface area contributed by atoms with Gasteiger partial charge in [0.1, 0.15) is 11.8 Å². The summed E-state index contributed by atoms with van der Waals surface area (Å²) in [4.78, 5) is 30.0. The van der Waals surface area contributed by atoms with Gasteiger partial charge in [-0.2, -0.15) is 0 Å². The maximum atomic E-state index is 13.6. The molecule has 0 radical (unpaired) electrons. The number of hydrogen-bond acceptors (Lipinski definition) is 4. The molecule has 0 aliphatic carbocycles. The zero-order valence-electron chi connectivity index (χ0n) is 18.7. The molecule has 0 N–H and O–H groups in total. The van der Waals surface area contributed by atoms with Crippen LogP contribution >= 0.6 is 23.2 Å². The van der Waals surface area contributed by atoms with E-state index in [2.05, 4.69) is 6.58 Å². The fourth-order valence-electron chi connectivity index (χ4n) is 4.01. The van der Waals surface area contributed by atoms with Crippen LogP contribution in [0.25, 0.3) is 0 Å². The number of benzene rings is 2. The fraction of sp³-hybridized carbons (Fsp3) is 0.360. The topological polar surface area (TPSA) is 49.9 Å². The number of nitrogens with zero attached hydrogens (tertiary/aromatic N) is 2. The lowest BCUT2D eigenvalue weighted by Gasteiger charge is -2.36. The molecule has 1 fully saturated rings. The van der Waals surface area contributed by atoms with Crippen LogP contribution in [0.2, 0.25) is 10.0 Å². The van der Waals surface area contributed by atoms with Gasteiger partial charge in [0.15, 0.2) is 0 Å². The van der Waals surface area contributed by atoms with Gasteiger partial charge < -0.3 is 4.74 Å². The van der Waals surface area contributed by atoms with Gasteiger partial charge in [-0.25, -0.2) is 9.69 Å². The highest BCUT2D eigenvalue weighted by Gasteiger charge is 2.53. The molecule has 2 amide bonds. The summed E-state index contributed by atoms with van der Waals surface area (Å²) in [5.41, 5.74) is 0.705. The third-order valence-electron chi connectivity index (χ3n) is 5.38. The molecule has 1 aliphatic rings. The standard InChI is InChI=1S/C25H28Cl2N2O3/c1-6-11-20-23(30)29(24(31)32-25(3,4)5)22(21-18(26)14-10-15-19(21)27)28(20)16(2)17-12-8-7-9-13-17/h6-10,12-16,20,22H,1,11H2,2-5H3/t16-,20-,22+/m1/s1. The Morgan fingerprint density at radius 3 is 2.25 bits per heavy atom. The molecule has 0 spiro atoms. The highest BCUT2D eigenvalue weighted by atomic mass is 35.5. The molecule has 0 bridgehead atoms. The van der Waals surface area contributed by atoms with E-state index >= 15 is 0 Å². The van der Waals surface area contributed by atoms with Gasteiger partial charge in [-0.15, -0.1) is 6.58 Å². The molecule has 1 heterocycles. The smallest absolute Gasteiger partial charge is 0.418 e. The van der Waals surface area contributed by atoms with Gasteiger partial charge >= 0.3 is 6.09 Å². The molecule has 32 heavy (non-hydrogen) atoms. The minimum atomic E-state index is -0.835. The van der Waals surface area contributed by atoms with Crippen molar-refractivity contribution in [2.75, 3.05) is 0 Å². The summed E-state index contributed by atoms with van der Waals surface area (Å²) < 4.78 is 5.61. The Morgan fingerprint density at radius 2 is 1.72 bits per heavy atom. The second kappa shape index (κ2) is 9.65. The quantitative estimate of drug-likeness (QED) is 0.448. The summed E-state index contributed by atoms with van der Waals surface area (Å²) in [6.07, 6.45) is 0.462. The summed E-state index contributed by atoms with van der Waals surface area (Å²) in [5, 5.41) is 0.738. The van der Waals surface area contributed by atoms with Crippen molar-refractivity contribution < 1.29 is 14.3 Å². The van der Waals surface area contributed by atoms with Crippen LogP contribution in [0.5, 0.6) is 0 Å². The summed E-state index contributed by atoms with van der Waals surface area (Å²) in [6.45, 7) is 11.1. The van der Waals surface area contributed by atoms with Crippen molar-refractivity contribution in [3.63, 3.8) is 0 Å². The average Bonchev–Trinajstić information content (AvgIpc) is 2.99. The van der Waals surface area contributed by atoms with Gasteiger partial charge in [0.2, 0.25) is 0 Å². The lowest BCUT2D eigenvalue weighted by Crippen LogP contribution is -2.41. The van der Waals surface area contributed by atoms with Crippen LogP contribution < -0.4 is 0 Å². The van der Waals surface area contributed by atoms with E-state index in [1.54, 1.807) is 45.0 Å². The number of imide groups is 1. The van der Waals surface area contributed by atoms with E-state index in [-0.39, 0.29) is 11.9 Å². The first-order chi connectivity index (χ1) is 15.1. The van der Waals surface area contributed by atoms with E-state index in [0.29, 0.717) is 22.0 Å². The first-order valence-corrected chi connectivity index (χ1v) is 11.3. The van der Waals surface area contributed by atoms with Crippen LogP contribution in [-0.4, -0.2) is 33.4 Å². The minimum absolute atomic E-state index is 0.227. The van der Waals surface area contributed by atoms with Crippen molar-refractivity contribution in [1.82, 2.24) is 9.80 Å². The van der Waals surface area contributed by atoms with E-state index in [0.717, 1.165) is 10.5 Å². The van der Waals surface area contributed by atoms with Crippen molar-refractivity contribution in [2.24, 2.45) is 0 Å². The van der Waals surface area contributed by atoms with Gasteiger partial charge in [0.05, 0.1) is 6.04 Å². The van der Waals surface area contributed by atoms with Crippen molar-refractivity contribution in [3.8, 4) is 0 Å². The molecule has 2 aromatic rings. The zero-order chi connectivity index (χ0) is 23.6. The molecule has 1 aliphatic heterocycles. The molecule has 1 saturated heterocycles. The number of hydrogen-bond donors (Lipinski definition) is 0. The lowest BCUT2D eigenvalue weighted by atomic mass is 10.0. The Balaban J connectivity index is 2.21. The molecule has 7 heteroatoms. The molecular formula is C25H28Cl2N2O3. The number of amides is 2. The van der Waals surface area contributed by atoms with E-state index in [4.69, 9.17) is 27.9 Å². The third kappa shape index (κ3) is 4.85. The van der Waals surface area contributed by atoms with Gasteiger partial charge in [-0.05, 0) is 51.8 Å². The van der Waals surface area contributed by atoms with Gasteiger partial charge in [-0.1, -0.05) is 65.7 Å². The lowest BCUT2D eigenvalue weighted by molar-refractivity contribution is -0.129. The van der Waals surface area contributed by atoms with Crippen LogP contribution in [0.1, 0.15) is 57.5 Å². The molecule has 0 saturated carbocycles. The number of carbonyl (C=O) groups is 2. The maximum absolute atomic E-state index is 13.6. The average molecular weight is 475 g/mol. The van der Waals surface area contributed by atoms with Crippen LogP contribution in [0.3, 0.4) is 0 Å². The summed E-state index contributed by atoms with van der Waals surface area (Å²) in [5.74, 6) is -0.372. The van der Waals surface area contributed by atoms with Gasteiger partial charge in [0, 0.05) is 21.7 Å². The highest BCUT2D eigenvalue weighted by molar-refractivity contribution is 6.36. The molecule has 3 rings (SSSR count). The Morgan fingerprint density at radius 1 is 1.12 bits per heavy atom. The molecule has 0 unspecified atom stereocenters. The Kier molecular flexibility index (Phi) is 7.33. The third-order valence-corrected chi connectivity index (χ3v) is 6.04. The predicted octanol–water partition coefficient (Wildman–Crippen LogP) is 6.78. The van der Waals surface area contributed by atoms with Gasteiger partial charge in [-0.3, -0.25) is 9.69 Å². The number of carbonyl (C=O) groups excluding carboxylic acids is 2. The molecule has 170 valence electrons. The molecule has 2 aromatic carbocycles. The fourth-order valence-corrected chi connectivity index (χ4v) is 4.61. The van der Waals surface area contributed by atoms with Crippen molar-refractivity contribution in [3.05, 3.63) is 82.4 Å². The summed E-state index contributed by atoms with van der Waals surface area (Å²) in [6, 6.07) is 14.1. The second-order valence-corrected chi connectivity index (χ2v) is 9.59. The van der Waals surface area contributed by atoms with Crippen LogP contribution in [-0.2, 0) is 9.53 Å². The Labute approximate surface area is 199 Å². The van der Waals surface area contributed by atoms with Crippen molar-refractivity contribution >= 4 is 35.2 Å². The summed E-state index contributed by atoms with van der Waals surface area (Å²) in [7, 11) is 0. The summed E-state index contributed by atoms with van der Waals surface area (Å²) >= 11 is 13.2. The van der Waals surface area contributed by atoms with E-state index in [9.17, 15) is 9.59 Å².